The average Bonchev–Trinajstić information content (AvgIpc) is 2.54. The first kappa shape index (κ1) is 16.0. The van der Waals surface area contributed by atoms with Gasteiger partial charge in [0, 0.05) is 11.0 Å². The predicted molar refractivity (Wildman–Crippen MR) is 86.3 cm³/mol. The van der Waals surface area contributed by atoms with Gasteiger partial charge in [0.05, 0.1) is 22.7 Å². The summed E-state index contributed by atoms with van der Waals surface area (Å²) in [6, 6.07) is 12.0. The number of nitro benzene ring substituents is 1. The van der Waals surface area contributed by atoms with Gasteiger partial charge >= 0.3 is 5.97 Å². The molecular weight excluding hydrogens is 302 g/mol. The molecule has 114 valence electrons. The van der Waals surface area contributed by atoms with E-state index in [9.17, 15) is 14.9 Å². The summed E-state index contributed by atoms with van der Waals surface area (Å²) in [6.45, 7) is 1.92. The Morgan fingerprint density at radius 3 is 2.50 bits per heavy atom. The van der Waals surface area contributed by atoms with Crippen LogP contribution in [-0.4, -0.2) is 23.8 Å². The lowest BCUT2D eigenvalue weighted by atomic mass is 10.0. The van der Waals surface area contributed by atoms with E-state index in [0.717, 1.165) is 5.56 Å². The summed E-state index contributed by atoms with van der Waals surface area (Å²) >= 11 is 1.36. The fourth-order valence-electron chi connectivity index (χ4n) is 2.13. The van der Waals surface area contributed by atoms with E-state index < -0.39 is 10.9 Å². The van der Waals surface area contributed by atoms with Crippen molar-refractivity contribution in [2.75, 3.05) is 12.9 Å². The highest BCUT2D eigenvalue weighted by Gasteiger charge is 2.23. The smallest absolute Gasteiger partial charge is 0.338 e. The van der Waals surface area contributed by atoms with Gasteiger partial charge in [0.25, 0.3) is 5.69 Å². The van der Waals surface area contributed by atoms with Gasteiger partial charge in [-0.15, -0.1) is 11.8 Å². The first-order valence-corrected chi connectivity index (χ1v) is 7.90. The maximum Gasteiger partial charge on any atom is 0.338 e. The first-order valence-electron chi connectivity index (χ1n) is 6.67. The van der Waals surface area contributed by atoms with Crippen molar-refractivity contribution in [3.63, 3.8) is 0 Å². The molecule has 2 rings (SSSR count). The molecule has 0 spiro atoms. The normalized spacial score (nSPS) is 10.3. The van der Waals surface area contributed by atoms with E-state index in [1.165, 1.54) is 17.8 Å². The van der Waals surface area contributed by atoms with Gasteiger partial charge in [0.2, 0.25) is 0 Å². The summed E-state index contributed by atoms with van der Waals surface area (Å²) in [7, 11) is 0. The van der Waals surface area contributed by atoms with E-state index >= 15 is 0 Å². The van der Waals surface area contributed by atoms with Crippen LogP contribution in [-0.2, 0) is 4.74 Å². The highest BCUT2D eigenvalue weighted by Crippen LogP contribution is 2.39. The molecule has 5 nitrogen and oxygen atoms in total. The third kappa shape index (κ3) is 3.28. The van der Waals surface area contributed by atoms with Crippen LogP contribution < -0.4 is 0 Å². The first-order chi connectivity index (χ1) is 10.6. The third-order valence-corrected chi connectivity index (χ3v) is 3.83. The third-order valence-electron chi connectivity index (χ3n) is 3.07. The van der Waals surface area contributed by atoms with Gasteiger partial charge in [-0.25, -0.2) is 4.79 Å². The quantitative estimate of drug-likeness (QED) is 0.358. The molecule has 0 unspecified atom stereocenters. The van der Waals surface area contributed by atoms with Crippen LogP contribution in [0.3, 0.4) is 0 Å². The molecule has 0 amide bonds. The molecule has 0 atom stereocenters. The van der Waals surface area contributed by atoms with Crippen LogP contribution in [0.15, 0.2) is 47.4 Å². The molecule has 0 radical (unpaired) electrons. The molecule has 0 bridgehead atoms. The maximum atomic E-state index is 11.9. The lowest BCUT2D eigenvalue weighted by Crippen LogP contribution is -2.06. The Morgan fingerprint density at radius 1 is 1.27 bits per heavy atom. The molecule has 22 heavy (non-hydrogen) atoms. The zero-order valence-electron chi connectivity index (χ0n) is 12.2. The predicted octanol–water partition coefficient (Wildman–Crippen LogP) is 4.16. The largest absolute Gasteiger partial charge is 0.462 e. The fourth-order valence-corrected chi connectivity index (χ4v) is 2.80. The monoisotopic (exact) mass is 317 g/mol. The van der Waals surface area contributed by atoms with Crippen LogP contribution in [0.1, 0.15) is 17.3 Å². The Bertz CT molecular complexity index is 701. The van der Waals surface area contributed by atoms with Crippen LogP contribution >= 0.6 is 11.8 Å². The number of ether oxygens (including phenoxy) is 1. The van der Waals surface area contributed by atoms with Gasteiger partial charge in [-0.05, 0) is 24.8 Å². The number of esters is 1. The second-order valence-corrected chi connectivity index (χ2v) is 5.26. The van der Waals surface area contributed by atoms with Crippen LogP contribution in [0.2, 0.25) is 0 Å². The average molecular weight is 317 g/mol. The molecule has 0 aliphatic carbocycles. The van der Waals surface area contributed by atoms with Crippen LogP contribution in [0.25, 0.3) is 11.1 Å². The molecule has 6 heteroatoms. The van der Waals surface area contributed by atoms with Gasteiger partial charge in [-0.1, -0.05) is 30.3 Å². The molecule has 0 fully saturated rings. The minimum atomic E-state index is -0.555. The SMILES string of the molecule is CCOC(=O)c1cc(SC)c(-c2ccccc2)c([N+](=O)[O-])c1. The van der Waals surface area contributed by atoms with E-state index in [-0.39, 0.29) is 17.9 Å². The molecule has 0 aliphatic heterocycles. The standard InChI is InChI=1S/C16H15NO4S/c1-3-21-16(18)12-9-13(17(19)20)15(14(10-12)22-2)11-7-5-4-6-8-11/h4-10H,3H2,1-2H3. The highest BCUT2D eigenvalue weighted by atomic mass is 32.2. The topological polar surface area (TPSA) is 69.4 Å². The maximum absolute atomic E-state index is 11.9. The number of benzene rings is 2. The summed E-state index contributed by atoms with van der Waals surface area (Å²) in [4.78, 5) is 23.5. The molecular formula is C16H15NO4S. The number of thioether (sulfide) groups is 1. The van der Waals surface area contributed by atoms with Crippen LogP contribution in [0.5, 0.6) is 0 Å². The van der Waals surface area contributed by atoms with Crippen molar-refractivity contribution < 1.29 is 14.5 Å². The van der Waals surface area contributed by atoms with Crippen molar-refractivity contribution in [2.24, 2.45) is 0 Å². The molecule has 0 aromatic heterocycles. The summed E-state index contributed by atoms with van der Waals surface area (Å²) in [5, 5.41) is 11.4. The number of carbonyl (C=O) groups excluding carboxylic acids is 1. The van der Waals surface area contributed by atoms with E-state index in [2.05, 4.69) is 0 Å². The summed E-state index contributed by atoms with van der Waals surface area (Å²) in [6.07, 6.45) is 1.82. The summed E-state index contributed by atoms with van der Waals surface area (Å²) < 4.78 is 4.94. The zero-order valence-corrected chi connectivity index (χ0v) is 13.1. The number of nitro groups is 1. The minimum absolute atomic E-state index is 0.0962. The summed E-state index contributed by atoms with van der Waals surface area (Å²) in [5.74, 6) is -0.555. The molecule has 0 saturated carbocycles. The number of rotatable bonds is 5. The van der Waals surface area contributed by atoms with Gasteiger partial charge < -0.3 is 4.74 Å². The Morgan fingerprint density at radius 2 is 1.95 bits per heavy atom. The molecule has 0 N–H and O–H groups in total. The van der Waals surface area contributed by atoms with E-state index in [1.807, 2.05) is 36.6 Å². The molecule has 2 aromatic carbocycles. The highest BCUT2D eigenvalue weighted by molar-refractivity contribution is 7.98. The van der Waals surface area contributed by atoms with Crippen molar-refractivity contribution in [2.45, 2.75) is 11.8 Å². The lowest BCUT2D eigenvalue weighted by molar-refractivity contribution is -0.384. The number of carbonyl (C=O) groups is 1. The number of hydrogen-bond donors (Lipinski definition) is 0. The van der Waals surface area contributed by atoms with Crippen molar-refractivity contribution in [1.82, 2.24) is 0 Å². The Labute approximate surface area is 132 Å². The number of nitrogens with zero attached hydrogens (tertiary/aromatic N) is 1. The van der Waals surface area contributed by atoms with E-state index in [1.54, 1.807) is 13.0 Å². The summed E-state index contributed by atoms with van der Waals surface area (Å²) in [5.41, 5.74) is 1.36. The van der Waals surface area contributed by atoms with Gasteiger partial charge in [0.15, 0.2) is 0 Å². The van der Waals surface area contributed by atoms with E-state index in [0.29, 0.717) is 10.5 Å². The Kier molecular flexibility index (Phi) is 5.16. The molecule has 2 aromatic rings. The molecule has 0 saturated heterocycles. The Balaban J connectivity index is 2.67. The van der Waals surface area contributed by atoms with Gasteiger partial charge in [-0.3, -0.25) is 10.1 Å². The van der Waals surface area contributed by atoms with E-state index in [4.69, 9.17) is 4.74 Å². The van der Waals surface area contributed by atoms with Crippen molar-refractivity contribution in [3.8, 4) is 11.1 Å². The van der Waals surface area contributed by atoms with Crippen molar-refractivity contribution in [1.29, 1.82) is 0 Å². The molecule has 0 aliphatic rings. The van der Waals surface area contributed by atoms with Crippen molar-refractivity contribution in [3.05, 3.63) is 58.1 Å². The fraction of sp³-hybridized carbons (Fsp3) is 0.188. The zero-order chi connectivity index (χ0) is 16.1. The van der Waals surface area contributed by atoms with Crippen LogP contribution in [0.4, 0.5) is 5.69 Å². The second-order valence-electron chi connectivity index (χ2n) is 4.42. The lowest BCUT2D eigenvalue weighted by Gasteiger charge is -2.11. The minimum Gasteiger partial charge on any atom is -0.462 e. The van der Waals surface area contributed by atoms with Gasteiger partial charge in [0.1, 0.15) is 0 Å². The Hall–Kier alpha value is -2.34. The van der Waals surface area contributed by atoms with Gasteiger partial charge in [-0.2, -0.15) is 0 Å². The van der Waals surface area contributed by atoms with Crippen molar-refractivity contribution >= 4 is 23.4 Å². The second kappa shape index (κ2) is 7.09. The number of hydrogen-bond acceptors (Lipinski definition) is 5. The molecule has 0 heterocycles. The van der Waals surface area contributed by atoms with Crippen LogP contribution in [0, 0.1) is 10.1 Å².